The molecule has 0 spiro atoms. The van der Waals surface area contributed by atoms with E-state index in [2.05, 4.69) is 9.97 Å². The minimum absolute atomic E-state index is 0.0198. The maximum absolute atomic E-state index is 13.7. The molecule has 2 aromatic rings. The molecule has 0 radical (unpaired) electrons. The van der Waals surface area contributed by atoms with Gasteiger partial charge in [-0.05, 0) is 37.5 Å². The summed E-state index contributed by atoms with van der Waals surface area (Å²) in [5.41, 5.74) is 2.36. The van der Waals surface area contributed by atoms with Crippen molar-refractivity contribution in [3.8, 4) is 0 Å². The maximum Gasteiger partial charge on any atom is 0.227 e. The number of nitrogens with zero attached hydrogens (tertiary/aromatic N) is 3. The van der Waals surface area contributed by atoms with Gasteiger partial charge in [-0.15, -0.1) is 0 Å². The first-order valence-corrected chi connectivity index (χ1v) is 8.52. The standard InChI is InChI=1S/C19H22FN3O2/c1-14-10-16(22-13-21-14)6-7-17-12-23(8-9-25-17)19(24)11-15-4-2-3-5-18(15)20/h2-5,10,13,17H,6-9,11-12H2,1H3/t17-/m1/s1. The van der Waals surface area contributed by atoms with Crippen LogP contribution in [0.4, 0.5) is 4.39 Å². The number of rotatable bonds is 5. The highest BCUT2D eigenvalue weighted by Gasteiger charge is 2.24. The van der Waals surface area contributed by atoms with Gasteiger partial charge in [0.15, 0.2) is 0 Å². The van der Waals surface area contributed by atoms with E-state index in [0.29, 0.717) is 25.3 Å². The van der Waals surface area contributed by atoms with Crippen LogP contribution < -0.4 is 0 Å². The second-order valence-corrected chi connectivity index (χ2v) is 6.29. The van der Waals surface area contributed by atoms with Crippen molar-refractivity contribution in [2.24, 2.45) is 0 Å². The van der Waals surface area contributed by atoms with Crippen molar-refractivity contribution in [2.75, 3.05) is 19.7 Å². The van der Waals surface area contributed by atoms with Gasteiger partial charge in [-0.25, -0.2) is 14.4 Å². The third-order valence-corrected chi connectivity index (χ3v) is 4.37. The molecule has 6 heteroatoms. The topological polar surface area (TPSA) is 55.3 Å². The van der Waals surface area contributed by atoms with E-state index in [9.17, 15) is 9.18 Å². The van der Waals surface area contributed by atoms with Crippen molar-refractivity contribution in [1.82, 2.24) is 14.9 Å². The van der Waals surface area contributed by atoms with Crippen molar-refractivity contribution in [3.63, 3.8) is 0 Å². The first kappa shape index (κ1) is 17.5. The summed E-state index contributed by atoms with van der Waals surface area (Å²) in [5, 5.41) is 0. The summed E-state index contributed by atoms with van der Waals surface area (Å²) >= 11 is 0. The summed E-state index contributed by atoms with van der Waals surface area (Å²) in [5.74, 6) is -0.393. The Labute approximate surface area is 146 Å². The van der Waals surface area contributed by atoms with Crippen LogP contribution in [0.1, 0.15) is 23.4 Å². The van der Waals surface area contributed by atoms with Gasteiger partial charge in [0.25, 0.3) is 0 Å². The average molecular weight is 343 g/mol. The van der Waals surface area contributed by atoms with Gasteiger partial charge in [0.2, 0.25) is 5.91 Å². The number of carbonyl (C=O) groups excluding carboxylic acids is 1. The Morgan fingerprint density at radius 1 is 1.36 bits per heavy atom. The number of hydrogen-bond donors (Lipinski definition) is 0. The number of ether oxygens (including phenoxy) is 1. The van der Waals surface area contributed by atoms with E-state index in [1.807, 2.05) is 13.0 Å². The molecule has 5 nitrogen and oxygen atoms in total. The molecule has 2 heterocycles. The summed E-state index contributed by atoms with van der Waals surface area (Å²) < 4.78 is 19.5. The third kappa shape index (κ3) is 4.82. The van der Waals surface area contributed by atoms with E-state index in [0.717, 1.165) is 24.2 Å². The van der Waals surface area contributed by atoms with E-state index >= 15 is 0 Å². The lowest BCUT2D eigenvalue weighted by Crippen LogP contribution is -2.46. The molecule has 0 N–H and O–H groups in total. The number of carbonyl (C=O) groups is 1. The van der Waals surface area contributed by atoms with Gasteiger partial charge in [0, 0.05) is 24.5 Å². The molecule has 0 unspecified atom stereocenters. The first-order valence-electron chi connectivity index (χ1n) is 8.52. The summed E-state index contributed by atoms with van der Waals surface area (Å²) in [6, 6.07) is 8.38. The summed E-state index contributed by atoms with van der Waals surface area (Å²) in [4.78, 5) is 22.6. The largest absolute Gasteiger partial charge is 0.375 e. The molecule has 1 amide bonds. The van der Waals surface area contributed by atoms with E-state index in [-0.39, 0.29) is 24.2 Å². The predicted octanol–water partition coefficient (Wildman–Crippen LogP) is 2.33. The van der Waals surface area contributed by atoms with Gasteiger partial charge < -0.3 is 9.64 Å². The number of amides is 1. The first-order chi connectivity index (χ1) is 12.1. The lowest BCUT2D eigenvalue weighted by Gasteiger charge is -2.33. The van der Waals surface area contributed by atoms with E-state index in [1.54, 1.807) is 29.4 Å². The highest BCUT2D eigenvalue weighted by atomic mass is 19.1. The summed E-state index contributed by atoms with van der Waals surface area (Å²) in [6.45, 7) is 3.54. The van der Waals surface area contributed by atoms with Crippen molar-refractivity contribution in [3.05, 3.63) is 59.4 Å². The highest BCUT2D eigenvalue weighted by molar-refractivity contribution is 5.79. The van der Waals surface area contributed by atoms with Crippen LogP contribution in [-0.4, -0.2) is 46.6 Å². The van der Waals surface area contributed by atoms with Gasteiger partial charge in [-0.1, -0.05) is 18.2 Å². The smallest absolute Gasteiger partial charge is 0.227 e. The normalized spacial score (nSPS) is 17.5. The number of halogens is 1. The highest BCUT2D eigenvalue weighted by Crippen LogP contribution is 2.14. The van der Waals surface area contributed by atoms with Crippen LogP contribution in [-0.2, 0) is 22.4 Å². The SMILES string of the molecule is Cc1cc(CC[C@@H]2CN(C(=O)Cc3ccccc3F)CCO2)ncn1. The fraction of sp³-hybridized carbons (Fsp3) is 0.421. The number of morpholine rings is 1. The van der Waals surface area contributed by atoms with Crippen LogP contribution in [0.5, 0.6) is 0 Å². The molecule has 1 aliphatic heterocycles. The molecule has 1 aromatic heterocycles. The zero-order valence-corrected chi connectivity index (χ0v) is 14.3. The van der Waals surface area contributed by atoms with E-state index < -0.39 is 0 Å². The van der Waals surface area contributed by atoms with Crippen LogP contribution >= 0.6 is 0 Å². The fourth-order valence-corrected chi connectivity index (χ4v) is 2.99. The van der Waals surface area contributed by atoms with Crippen molar-refractivity contribution in [1.29, 1.82) is 0 Å². The van der Waals surface area contributed by atoms with Crippen LogP contribution in [0.15, 0.2) is 36.7 Å². The maximum atomic E-state index is 13.7. The monoisotopic (exact) mass is 343 g/mol. The van der Waals surface area contributed by atoms with E-state index in [1.165, 1.54) is 6.07 Å². The number of benzene rings is 1. The zero-order chi connectivity index (χ0) is 17.6. The Hall–Kier alpha value is -2.34. The molecule has 132 valence electrons. The second kappa shape index (κ2) is 8.16. The van der Waals surface area contributed by atoms with Crippen molar-refractivity contribution in [2.45, 2.75) is 32.3 Å². The lowest BCUT2D eigenvalue weighted by molar-refractivity contribution is -0.138. The van der Waals surface area contributed by atoms with E-state index in [4.69, 9.17) is 4.74 Å². The van der Waals surface area contributed by atoms with Gasteiger partial charge >= 0.3 is 0 Å². The molecule has 0 bridgehead atoms. The molecule has 1 aromatic carbocycles. The van der Waals surface area contributed by atoms with Gasteiger partial charge in [-0.2, -0.15) is 0 Å². The quantitative estimate of drug-likeness (QED) is 0.836. The molecule has 1 fully saturated rings. The summed E-state index contributed by atoms with van der Waals surface area (Å²) in [7, 11) is 0. The zero-order valence-electron chi connectivity index (χ0n) is 14.3. The van der Waals surface area contributed by atoms with Crippen LogP contribution in [0.3, 0.4) is 0 Å². The molecular weight excluding hydrogens is 321 g/mol. The molecule has 1 atom stereocenters. The van der Waals surface area contributed by atoms with Crippen LogP contribution in [0, 0.1) is 12.7 Å². The van der Waals surface area contributed by atoms with Gasteiger partial charge in [0.1, 0.15) is 12.1 Å². The average Bonchev–Trinajstić information content (AvgIpc) is 2.62. The van der Waals surface area contributed by atoms with Crippen molar-refractivity contribution >= 4 is 5.91 Å². The minimum atomic E-state index is -0.334. The van der Waals surface area contributed by atoms with Crippen LogP contribution in [0.25, 0.3) is 0 Å². The summed E-state index contributed by atoms with van der Waals surface area (Å²) in [6.07, 6.45) is 3.21. The number of aryl methyl sites for hydroxylation is 2. The Morgan fingerprint density at radius 2 is 2.20 bits per heavy atom. The Kier molecular flexibility index (Phi) is 5.71. The van der Waals surface area contributed by atoms with Crippen LogP contribution in [0.2, 0.25) is 0 Å². The lowest BCUT2D eigenvalue weighted by atomic mass is 10.1. The van der Waals surface area contributed by atoms with Gasteiger partial charge in [-0.3, -0.25) is 4.79 Å². The minimum Gasteiger partial charge on any atom is -0.375 e. The molecule has 3 rings (SSSR count). The second-order valence-electron chi connectivity index (χ2n) is 6.29. The Morgan fingerprint density at radius 3 is 3.00 bits per heavy atom. The fourth-order valence-electron chi connectivity index (χ4n) is 2.99. The molecule has 1 saturated heterocycles. The third-order valence-electron chi connectivity index (χ3n) is 4.37. The molecule has 0 aliphatic carbocycles. The predicted molar refractivity (Wildman–Crippen MR) is 91.5 cm³/mol. The Balaban J connectivity index is 1.53. The Bertz CT molecular complexity index is 738. The molecule has 25 heavy (non-hydrogen) atoms. The molecule has 1 aliphatic rings. The van der Waals surface area contributed by atoms with Crippen molar-refractivity contribution < 1.29 is 13.9 Å². The molecular formula is C19H22FN3O2. The molecule has 0 saturated carbocycles. The number of hydrogen-bond acceptors (Lipinski definition) is 4. The number of aromatic nitrogens is 2. The van der Waals surface area contributed by atoms with Gasteiger partial charge in [0.05, 0.1) is 19.1 Å².